The minimum atomic E-state index is -0.472. The van der Waals surface area contributed by atoms with Crippen molar-refractivity contribution in [3.8, 4) is 5.69 Å². The number of hydrogen-bond donors (Lipinski definition) is 2. The number of carbonyl (C=O) groups excluding carboxylic acids is 1. The molecule has 100 valence electrons. The third-order valence-corrected chi connectivity index (χ3v) is 2.74. The summed E-state index contributed by atoms with van der Waals surface area (Å²) in [4.78, 5) is 11.8. The SMILES string of the molecule is CCC[C@H](N)C(=O)Nc1cccc(-n2ccnn2)c1. The topological polar surface area (TPSA) is 85.8 Å². The molecular formula is C13H17N5O. The van der Waals surface area contributed by atoms with E-state index in [2.05, 4.69) is 15.6 Å². The number of nitrogens with one attached hydrogen (secondary N) is 1. The van der Waals surface area contributed by atoms with E-state index in [0.717, 1.165) is 12.1 Å². The number of aromatic nitrogens is 3. The van der Waals surface area contributed by atoms with Crippen LogP contribution >= 0.6 is 0 Å². The van der Waals surface area contributed by atoms with Gasteiger partial charge in [0.2, 0.25) is 5.91 Å². The Bertz CT molecular complexity index is 538. The van der Waals surface area contributed by atoms with E-state index in [9.17, 15) is 4.79 Å². The predicted octanol–water partition coefficient (Wildman–Crippen LogP) is 1.33. The number of hydrogen-bond acceptors (Lipinski definition) is 4. The molecule has 19 heavy (non-hydrogen) atoms. The van der Waals surface area contributed by atoms with E-state index in [1.165, 1.54) is 0 Å². The van der Waals surface area contributed by atoms with E-state index in [1.54, 1.807) is 17.1 Å². The number of rotatable bonds is 5. The molecule has 6 heteroatoms. The molecule has 0 bridgehead atoms. The molecular weight excluding hydrogens is 242 g/mol. The highest BCUT2D eigenvalue weighted by Crippen LogP contribution is 2.14. The first-order valence-electron chi connectivity index (χ1n) is 6.24. The quantitative estimate of drug-likeness (QED) is 0.848. The summed E-state index contributed by atoms with van der Waals surface area (Å²) in [5.41, 5.74) is 7.30. The average molecular weight is 259 g/mol. The lowest BCUT2D eigenvalue weighted by atomic mass is 10.1. The molecule has 1 amide bonds. The van der Waals surface area contributed by atoms with Crippen LogP contribution in [0.5, 0.6) is 0 Å². The molecule has 2 aromatic rings. The summed E-state index contributed by atoms with van der Waals surface area (Å²) in [7, 11) is 0. The Morgan fingerprint density at radius 1 is 1.53 bits per heavy atom. The van der Waals surface area contributed by atoms with Crippen molar-refractivity contribution in [1.29, 1.82) is 0 Å². The molecule has 3 N–H and O–H groups in total. The van der Waals surface area contributed by atoms with Gasteiger partial charge in [-0.1, -0.05) is 24.6 Å². The predicted molar refractivity (Wildman–Crippen MR) is 72.9 cm³/mol. The Balaban J connectivity index is 2.09. The Morgan fingerprint density at radius 3 is 3.05 bits per heavy atom. The van der Waals surface area contributed by atoms with Gasteiger partial charge in [-0.2, -0.15) is 0 Å². The molecule has 0 aliphatic carbocycles. The van der Waals surface area contributed by atoms with Crippen LogP contribution in [0.2, 0.25) is 0 Å². The molecule has 0 spiro atoms. The zero-order valence-electron chi connectivity index (χ0n) is 10.8. The van der Waals surface area contributed by atoms with Gasteiger partial charge in [-0.25, -0.2) is 4.68 Å². The Kier molecular flexibility index (Phi) is 4.25. The largest absolute Gasteiger partial charge is 0.325 e. The van der Waals surface area contributed by atoms with Crippen LogP contribution in [0.4, 0.5) is 5.69 Å². The number of amides is 1. The van der Waals surface area contributed by atoms with E-state index in [4.69, 9.17) is 5.73 Å². The zero-order chi connectivity index (χ0) is 13.7. The number of anilines is 1. The van der Waals surface area contributed by atoms with Crippen molar-refractivity contribution in [2.24, 2.45) is 5.73 Å². The van der Waals surface area contributed by atoms with Crippen LogP contribution in [-0.4, -0.2) is 26.9 Å². The molecule has 1 heterocycles. The second-order valence-corrected chi connectivity index (χ2v) is 4.28. The molecule has 0 aliphatic rings. The van der Waals surface area contributed by atoms with Crippen LogP contribution < -0.4 is 11.1 Å². The molecule has 1 aromatic carbocycles. The van der Waals surface area contributed by atoms with Crippen LogP contribution in [0.1, 0.15) is 19.8 Å². The lowest BCUT2D eigenvalue weighted by molar-refractivity contribution is -0.117. The first-order valence-corrected chi connectivity index (χ1v) is 6.24. The highest BCUT2D eigenvalue weighted by molar-refractivity contribution is 5.94. The van der Waals surface area contributed by atoms with Gasteiger partial charge in [0.1, 0.15) is 0 Å². The fraction of sp³-hybridized carbons (Fsp3) is 0.308. The minimum absolute atomic E-state index is 0.169. The second-order valence-electron chi connectivity index (χ2n) is 4.28. The summed E-state index contributed by atoms with van der Waals surface area (Å²) in [5, 5.41) is 10.5. The van der Waals surface area contributed by atoms with Crippen molar-refractivity contribution in [3.63, 3.8) is 0 Å². The number of benzene rings is 1. The summed E-state index contributed by atoms with van der Waals surface area (Å²) >= 11 is 0. The summed E-state index contributed by atoms with van der Waals surface area (Å²) in [6, 6.07) is 6.90. The molecule has 0 radical (unpaired) electrons. The maximum absolute atomic E-state index is 11.8. The van der Waals surface area contributed by atoms with E-state index < -0.39 is 6.04 Å². The van der Waals surface area contributed by atoms with Crippen LogP contribution in [0.3, 0.4) is 0 Å². The van der Waals surface area contributed by atoms with Crippen molar-refractivity contribution >= 4 is 11.6 Å². The van der Waals surface area contributed by atoms with Crippen molar-refractivity contribution in [2.75, 3.05) is 5.32 Å². The van der Waals surface area contributed by atoms with Crippen LogP contribution in [-0.2, 0) is 4.79 Å². The first kappa shape index (κ1) is 13.2. The van der Waals surface area contributed by atoms with Gasteiger partial charge in [0, 0.05) is 5.69 Å². The maximum Gasteiger partial charge on any atom is 0.241 e. The fourth-order valence-corrected chi connectivity index (χ4v) is 1.75. The number of carbonyl (C=O) groups is 1. The van der Waals surface area contributed by atoms with Gasteiger partial charge in [-0.05, 0) is 24.6 Å². The smallest absolute Gasteiger partial charge is 0.241 e. The lowest BCUT2D eigenvalue weighted by Crippen LogP contribution is -2.35. The van der Waals surface area contributed by atoms with Gasteiger partial charge < -0.3 is 11.1 Å². The van der Waals surface area contributed by atoms with Crippen molar-refractivity contribution in [2.45, 2.75) is 25.8 Å². The van der Waals surface area contributed by atoms with Crippen LogP contribution in [0.15, 0.2) is 36.7 Å². The van der Waals surface area contributed by atoms with Gasteiger partial charge >= 0.3 is 0 Å². The van der Waals surface area contributed by atoms with E-state index >= 15 is 0 Å². The third-order valence-electron chi connectivity index (χ3n) is 2.74. The molecule has 2 rings (SSSR count). The third kappa shape index (κ3) is 3.38. The Labute approximate surface area is 111 Å². The molecule has 0 saturated carbocycles. The number of nitrogens with zero attached hydrogens (tertiary/aromatic N) is 3. The molecule has 0 saturated heterocycles. The first-order chi connectivity index (χ1) is 9.20. The average Bonchev–Trinajstić information content (AvgIpc) is 2.93. The van der Waals surface area contributed by atoms with Gasteiger partial charge in [-0.3, -0.25) is 4.79 Å². The lowest BCUT2D eigenvalue weighted by Gasteiger charge is -2.11. The summed E-state index contributed by atoms with van der Waals surface area (Å²) in [6.07, 6.45) is 4.90. The summed E-state index contributed by atoms with van der Waals surface area (Å²) in [6.45, 7) is 2.00. The van der Waals surface area contributed by atoms with Crippen LogP contribution in [0, 0.1) is 0 Å². The van der Waals surface area contributed by atoms with E-state index in [0.29, 0.717) is 12.1 Å². The minimum Gasteiger partial charge on any atom is -0.325 e. The molecule has 0 unspecified atom stereocenters. The summed E-state index contributed by atoms with van der Waals surface area (Å²) < 4.78 is 1.63. The molecule has 1 atom stereocenters. The van der Waals surface area contributed by atoms with E-state index in [1.807, 2.05) is 31.2 Å². The maximum atomic E-state index is 11.8. The number of nitrogens with two attached hydrogens (primary N) is 1. The Morgan fingerprint density at radius 2 is 2.37 bits per heavy atom. The summed E-state index contributed by atoms with van der Waals surface area (Å²) in [5.74, 6) is -0.169. The highest BCUT2D eigenvalue weighted by atomic mass is 16.2. The Hall–Kier alpha value is -2.21. The molecule has 1 aromatic heterocycles. The highest BCUT2D eigenvalue weighted by Gasteiger charge is 2.12. The van der Waals surface area contributed by atoms with Crippen molar-refractivity contribution in [3.05, 3.63) is 36.7 Å². The van der Waals surface area contributed by atoms with Gasteiger partial charge in [0.25, 0.3) is 0 Å². The standard InChI is InChI=1S/C13H17N5O/c1-2-4-12(14)13(19)16-10-5-3-6-11(9-10)18-8-7-15-17-18/h3,5-9,12H,2,4,14H2,1H3,(H,16,19)/t12-/m0/s1. The monoisotopic (exact) mass is 259 g/mol. The van der Waals surface area contributed by atoms with Crippen molar-refractivity contribution < 1.29 is 4.79 Å². The fourth-order valence-electron chi connectivity index (χ4n) is 1.75. The van der Waals surface area contributed by atoms with Gasteiger partial charge in [-0.15, -0.1) is 5.10 Å². The molecule has 0 aliphatic heterocycles. The molecule has 6 nitrogen and oxygen atoms in total. The van der Waals surface area contributed by atoms with Crippen LogP contribution in [0.25, 0.3) is 5.69 Å². The normalized spacial score (nSPS) is 12.1. The van der Waals surface area contributed by atoms with Crippen molar-refractivity contribution in [1.82, 2.24) is 15.0 Å². The van der Waals surface area contributed by atoms with Gasteiger partial charge in [0.05, 0.1) is 24.1 Å². The second kappa shape index (κ2) is 6.10. The van der Waals surface area contributed by atoms with E-state index in [-0.39, 0.29) is 5.91 Å². The zero-order valence-corrected chi connectivity index (χ0v) is 10.8. The molecule has 0 fully saturated rings. The van der Waals surface area contributed by atoms with Gasteiger partial charge in [0.15, 0.2) is 0 Å².